The summed E-state index contributed by atoms with van der Waals surface area (Å²) >= 11 is 0. The maximum absolute atomic E-state index is 13.8. The lowest BCUT2D eigenvalue weighted by molar-refractivity contribution is -0.387. The van der Waals surface area contributed by atoms with Crippen LogP contribution in [-0.2, 0) is 0 Å². The molecular weight excluding hydrogens is 284 g/mol. The van der Waals surface area contributed by atoms with Crippen LogP contribution < -0.4 is 4.90 Å². The molecule has 0 radical (unpaired) electrons. The number of hydrogen-bond acceptors (Lipinski definition) is 4. The fraction of sp³-hybridized carbons (Fsp3) is 0.0769. The zero-order valence-corrected chi connectivity index (χ0v) is 10.8. The van der Waals surface area contributed by atoms with Gasteiger partial charge in [-0.15, -0.1) is 0 Å². The minimum Gasteiger partial charge on any atom is -0.311 e. The molecule has 0 spiro atoms. The van der Waals surface area contributed by atoms with Crippen LogP contribution in [0.1, 0.15) is 10.4 Å². The van der Waals surface area contributed by atoms with Crippen molar-refractivity contribution >= 4 is 17.3 Å². The minimum absolute atomic E-state index is 0.392. The van der Waals surface area contributed by atoms with Gasteiger partial charge in [-0.25, -0.2) is 4.39 Å². The fourth-order valence-electron chi connectivity index (χ4n) is 1.71. The highest BCUT2D eigenvalue weighted by Crippen LogP contribution is 2.23. The molecule has 0 aliphatic carbocycles. The third-order valence-electron chi connectivity index (χ3n) is 2.82. The van der Waals surface area contributed by atoms with Crippen molar-refractivity contribution in [2.75, 3.05) is 11.9 Å². The van der Waals surface area contributed by atoms with Crippen molar-refractivity contribution in [3.8, 4) is 0 Å². The van der Waals surface area contributed by atoms with Gasteiger partial charge in [-0.2, -0.15) is 4.39 Å². The Labute approximate surface area is 117 Å². The SMILES string of the molecule is CN(C(=O)c1cc(F)c([N+](=O)[O-])cc1F)c1ccncc1. The van der Waals surface area contributed by atoms with Gasteiger partial charge in [0.05, 0.1) is 16.6 Å². The molecule has 6 nitrogen and oxygen atoms in total. The lowest BCUT2D eigenvalue weighted by atomic mass is 10.1. The van der Waals surface area contributed by atoms with E-state index in [9.17, 15) is 23.7 Å². The van der Waals surface area contributed by atoms with Gasteiger partial charge in [0.2, 0.25) is 5.82 Å². The molecule has 0 aliphatic rings. The van der Waals surface area contributed by atoms with Crippen LogP contribution in [0.2, 0.25) is 0 Å². The van der Waals surface area contributed by atoms with Crippen LogP contribution in [-0.4, -0.2) is 22.9 Å². The smallest absolute Gasteiger partial charge is 0.307 e. The zero-order valence-electron chi connectivity index (χ0n) is 10.8. The van der Waals surface area contributed by atoms with E-state index in [0.717, 1.165) is 4.90 Å². The summed E-state index contributed by atoms with van der Waals surface area (Å²) in [6.07, 6.45) is 2.87. The van der Waals surface area contributed by atoms with Gasteiger partial charge in [0.25, 0.3) is 5.91 Å². The van der Waals surface area contributed by atoms with Gasteiger partial charge in [0.1, 0.15) is 5.82 Å². The Balaban J connectivity index is 2.40. The summed E-state index contributed by atoms with van der Waals surface area (Å²) in [5.74, 6) is -3.26. The van der Waals surface area contributed by atoms with Gasteiger partial charge in [0.15, 0.2) is 0 Å². The summed E-state index contributed by atoms with van der Waals surface area (Å²) in [5.41, 5.74) is -1.18. The number of benzene rings is 1. The summed E-state index contributed by atoms with van der Waals surface area (Å²) in [4.78, 5) is 26.4. The number of halogens is 2. The van der Waals surface area contributed by atoms with Crippen molar-refractivity contribution in [3.05, 3.63) is 64.0 Å². The second-order valence-electron chi connectivity index (χ2n) is 4.11. The number of pyridine rings is 1. The van der Waals surface area contributed by atoms with Crippen LogP contribution in [0.3, 0.4) is 0 Å². The van der Waals surface area contributed by atoms with E-state index >= 15 is 0 Å². The molecule has 0 saturated heterocycles. The first-order valence-corrected chi connectivity index (χ1v) is 5.73. The number of carbonyl (C=O) groups excluding carboxylic acids is 1. The summed E-state index contributed by atoms with van der Waals surface area (Å²) in [5, 5.41) is 10.5. The Kier molecular flexibility index (Phi) is 3.88. The molecule has 1 amide bonds. The third-order valence-corrected chi connectivity index (χ3v) is 2.82. The molecule has 0 unspecified atom stereocenters. The average molecular weight is 293 g/mol. The Morgan fingerprint density at radius 1 is 1.24 bits per heavy atom. The molecule has 21 heavy (non-hydrogen) atoms. The Bertz CT molecular complexity index is 707. The monoisotopic (exact) mass is 293 g/mol. The summed E-state index contributed by atoms with van der Waals surface area (Å²) in [6, 6.07) is 3.94. The highest BCUT2D eigenvalue weighted by Gasteiger charge is 2.24. The molecule has 2 aromatic rings. The minimum atomic E-state index is -1.27. The molecule has 0 bridgehead atoms. The van der Waals surface area contributed by atoms with Crippen molar-refractivity contribution in [3.63, 3.8) is 0 Å². The molecule has 8 heteroatoms. The quantitative estimate of drug-likeness (QED) is 0.643. The Morgan fingerprint density at radius 2 is 1.86 bits per heavy atom. The maximum atomic E-state index is 13.8. The van der Waals surface area contributed by atoms with E-state index in [-0.39, 0.29) is 0 Å². The third kappa shape index (κ3) is 2.83. The predicted molar refractivity (Wildman–Crippen MR) is 70.0 cm³/mol. The zero-order chi connectivity index (χ0) is 15.6. The number of carbonyl (C=O) groups is 1. The number of nitro benzene ring substituents is 1. The molecule has 1 aromatic carbocycles. The van der Waals surface area contributed by atoms with E-state index < -0.39 is 33.7 Å². The Morgan fingerprint density at radius 3 is 2.43 bits per heavy atom. The molecule has 0 saturated carbocycles. The van der Waals surface area contributed by atoms with E-state index in [2.05, 4.69) is 4.98 Å². The van der Waals surface area contributed by atoms with Crippen LogP contribution >= 0.6 is 0 Å². The van der Waals surface area contributed by atoms with Gasteiger partial charge in [-0.05, 0) is 18.2 Å². The van der Waals surface area contributed by atoms with Gasteiger partial charge < -0.3 is 4.90 Å². The average Bonchev–Trinajstić information content (AvgIpc) is 2.48. The lowest BCUT2D eigenvalue weighted by Gasteiger charge is -2.17. The molecule has 1 aromatic heterocycles. The second kappa shape index (κ2) is 5.61. The van der Waals surface area contributed by atoms with Gasteiger partial charge >= 0.3 is 5.69 Å². The van der Waals surface area contributed by atoms with Gasteiger partial charge in [-0.3, -0.25) is 19.9 Å². The van der Waals surface area contributed by atoms with Crippen molar-refractivity contribution in [2.45, 2.75) is 0 Å². The highest BCUT2D eigenvalue weighted by atomic mass is 19.1. The number of anilines is 1. The van der Waals surface area contributed by atoms with E-state index in [0.29, 0.717) is 17.8 Å². The molecule has 0 fully saturated rings. The first-order chi connectivity index (χ1) is 9.91. The first-order valence-electron chi connectivity index (χ1n) is 5.73. The Hall–Kier alpha value is -2.90. The summed E-state index contributed by atoms with van der Waals surface area (Å²) in [6.45, 7) is 0. The lowest BCUT2D eigenvalue weighted by Crippen LogP contribution is -2.27. The standard InChI is InChI=1S/C13H9F2N3O3/c1-17(8-2-4-16-5-3-8)13(19)9-6-11(15)12(18(20)21)7-10(9)14/h2-7H,1H3. The molecule has 0 aliphatic heterocycles. The number of hydrogen-bond donors (Lipinski definition) is 0. The normalized spacial score (nSPS) is 10.2. The molecule has 108 valence electrons. The van der Waals surface area contributed by atoms with Gasteiger partial charge in [0, 0.05) is 25.1 Å². The van der Waals surface area contributed by atoms with Crippen LogP contribution in [0.5, 0.6) is 0 Å². The van der Waals surface area contributed by atoms with Crippen molar-refractivity contribution in [1.82, 2.24) is 4.98 Å². The summed E-state index contributed by atoms with van der Waals surface area (Å²) < 4.78 is 27.3. The molecular formula is C13H9F2N3O3. The summed E-state index contributed by atoms with van der Waals surface area (Å²) in [7, 11) is 1.37. The number of amides is 1. The van der Waals surface area contributed by atoms with E-state index in [4.69, 9.17) is 0 Å². The van der Waals surface area contributed by atoms with Crippen LogP contribution in [0.25, 0.3) is 0 Å². The molecule has 0 N–H and O–H groups in total. The van der Waals surface area contributed by atoms with E-state index in [1.165, 1.54) is 31.6 Å². The number of nitrogens with zero attached hydrogens (tertiary/aromatic N) is 3. The van der Waals surface area contributed by atoms with Crippen LogP contribution in [0.15, 0.2) is 36.7 Å². The maximum Gasteiger partial charge on any atom is 0.307 e. The van der Waals surface area contributed by atoms with Crippen LogP contribution in [0, 0.1) is 21.7 Å². The van der Waals surface area contributed by atoms with Crippen molar-refractivity contribution < 1.29 is 18.5 Å². The molecule has 1 heterocycles. The topological polar surface area (TPSA) is 76.3 Å². The number of aromatic nitrogens is 1. The van der Waals surface area contributed by atoms with E-state index in [1.54, 1.807) is 0 Å². The first kappa shape index (κ1) is 14.5. The van der Waals surface area contributed by atoms with Crippen LogP contribution in [0.4, 0.5) is 20.2 Å². The largest absolute Gasteiger partial charge is 0.311 e. The molecule has 2 rings (SSSR count). The van der Waals surface area contributed by atoms with Crippen molar-refractivity contribution in [1.29, 1.82) is 0 Å². The fourth-order valence-corrected chi connectivity index (χ4v) is 1.71. The number of rotatable bonds is 3. The molecule has 0 atom stereocenters. The second-order valence-corrected chi connectivity index (χ2v) is 4.11. The van der Waals surface area contributed by atoms with Crippen molar-refractivity contribution in [2.24, 2.45) is 0 Å². The van der Waals surface area contributed by atoms with Gasteiger partial charge in [-0.1, -0.05) is 0 Å². The van der Waals surface area contributed by atoms with E-state index in [1.807, 2.05) is 0 Å². The number of nitro groups is 1. The predicted octanol–water partition coefficient (Wildman–Crippen LogP) is 2.54. The highest BCUT2D eigenvalue weighted by molar-refractivity contribution is 6.06.